The highest BCUT2D eigenvalue weighted by molar-refractivity contribution is 9.10. The maximum Gasteiger partial charge on any atom is 0.250 e. The molecule has 1 fully saturated rings. The van der Waals surface area contributed by atoms with E-state index in [9.17, 15) is 9.59 Å². The van der Waals surface area contributed by atoms with Crippen molar-refractivity contribution in [2.45, 2.75) is 19.9 Å². The van der Waals surface area contributed by atoms with Crippen LogP contribution in [0.2, 0.25) is 5.02 Å². The smallest absolute Gasteiger partial charge is 0.250 e. The van der Waals surface area contributed by atoms with Crippen molar-refractivity contribution >= 4 is 45.0 Å². The Balaban J connectivity index is 2.40. The van der Waals surface area contributed by atoms with Gasteiger partial charge in [-0.25, -0.2) is 0 Å². The largest absolute Gasteiger partial charge is 0.342 e. The predicted octanol–water partition coefficient (Wildman–Crippen LogP) is 2.59. The summed E-state index contributed by atoms with van der Waals surface area (Å²) < 4.78 is 0.738. The molecule has 1 heterocycles. The van der Waals surface area contributed by atoms with E-state index in [2.05, 4.69) is 21.2 Å². The van der Waals surface area contributed by atoms with Crippen LogP contribution in [-0.4, -0.2) is 24.4 Å². The van der Waals surface area contributed by atoms with Crippen LogP contribution in [0.3, 0.4) is 0 Å². The van der Waals surface area contributed by atoms with Gasteiger partial charge >= 0.3 is 0 Å². The van der Waals surface area contributed by atoms with Crippen LogP contribution in [0.5, 0.6) is 0 Å². The summed E-state index contributed by atoms with van der Waals surface area (Å²) in [4.78, 5) is 25.6. The van der Waals surface area contributed by atoms with Crippen LogP contribution in [0.1, 0.15) is 13.8 Å². The molecule has 0 bridgehead atoms. The highest BCUT2D eigenvalue weighted by Gasteiger charge is 2.35. The van der Waals surface area contributed by atoms with Gasteiger partial charge in [-0.15, -0.1) is 0 Å². The molecule has 1 atom stereocenters. The number of benzene rings is 1. The average Bonchev–Trinajstić information content (AvgIpc) is 2.34. The minimum atomic E-state index is -0.493. The number of carbonyl (C=O) groups is 2. The Bertz CT molecular complexity index is 533. The lowest BCUT2D eigenvalue weighted by Gasteiger charge is -2.34. The number of halogens is 2. The van der Waals surface area contributed by atoms with Gasteiger partial charge in [0.2, 0.25) is 11.8 Å². The molecule has 1 N–H and O–H groups in total. The summed E-state index contributed by atoms with van der Waals surface area (Å²) in [5.41, 5.74) is 0.623. The van der Waals surface area contributed by atoms with E-state index in [4.69, 9.17) is 11.6 Å². The van der Waals surface area contributed by atoms with Crippen molar-refractivity contribution in [2.75, 3.05) is 11.4 Å². The fourth-order valence-corrected chi connectivity index (χ4v) is 2.65. The summed E-state index contributed by atoms with van der Waals surface area (Å²) in [5, 5.41) is 3.25. The summed E-state index contributed by atoms with van der Waals surface area (Å²) >= 11 is 9.35. The Morgan fingerprint density at radius 2 is 2.11 bits per heavy atom. The highest BCUT2D eigenvalue weighted by Crippen LogP contribution is 2.31. The van der Waals surface area contributed by atoms with Crippen molar-refractivity contribution in [2.24, 2.45) is 5.92 Å². The van der Waals surface area contributed by atoms with Gasteiger partial charge in [0.15, 0.2) is 0 Å². The topological polar surface area (TPSA) is 49.4 Å². The van der Waals surface area contributed by atoms with Crippen LogP contribution >= 0.6 is 27.5 Å². The SMILES string of the molecule is CC(C)C1NC(=O)CN(c2cc(Cl)ccc2Br)C1=O. The van der Waals surface area contributed by atoms with Crippen LogP contribution in [0.15, 0.2) is 22.7 Å². The van der Waals surface area contributed by atoms with Crippen molar-refractivity contribution in [3.05, 3.63) is 27.7 Å². The predicted molar refractivity (Wildman–Crippen MR) is 78.3 cm³/mol. The van der Waals surface area contributed by atoms with E-state index in [-0.39, 0.29) is 24.3 Å². The normalized spacial score (nSPS) is 19.8. The molecule has 1 aliphatic heterocycles. The lowest BCUT2D eigenvalue weighted by Crippen LogP contribution is -2.60. The molecular weight excluding hydrogens is 332 g/mol. The molecule has 0 spiro atoms. The van der Waals surface area contributed by atoms with Gasteiger partial charge in [0.05, 0.1) is 5.69 Å². The number of hydrogen-bond acceptors (Lipinski definition) is 2. The zero-order chi connectivity index (χ0) is 14.2. The van der Waals surface area contributed by atoms with E-state index in [1.807, 2.05) is 13.8 Å². The first-order chi connectivity index (χ1) is 8.90. The summed E-state index contributed by atoms with van der Waals surface area (Å²) in [7, 11) is 0. The molecule has 0 aromatic heterocycles. The van der Waals surface area contributed by atoms with Crippen molar-refractivity contribution in [1.29, 1.82) is 0 Å². The third-order valence-corrected chi connectivity index (χ3v) is 3.92. The molecule has 102 valence electrons. The number of piperazine rings is 1. The number of amides is 2. The van der Waals surface area contributed by atoms with Gasteiger partial charge in [0.25, 0.3) is 0 Å². The van der Waals surface area contributed by atoms with E-state index in [0.29, 0.717) is 10.7 Å². The van der Waals surface area contributed by atoms with Crippen molar-refractivity contribution in [1.82, 2.24) is 5.32 Å². The van der Waals surface area contributed by atoms with Crippen LogP contribution in [0, 0.1) is 5.92 Å². The van der Waals surface area contributed by atoms with Gasteiger partial charge < -0.3 is 10.2 Å². The van der Waals surface area contributed by atoms with Gasteiger partial charge in [-0.1, -0.05) is 25.4 Å². The zero-order valence-electron chi connectivity index (χ0n) is 10.6. The van der Waals surface area contributed by atoms with E-state index in [0.717, 1.165) is 4.47 Å². The first-order valence-electron chi connectivity index (χ1n) is 5.96. The summed E-state index contributed by atoms with van der Waals surface area (Å²) in [6.07, 6.45) is 0. The quantitative estimate of drug-likeness (QED) is 0.895. The number of carbonyl (C=O) groups excluding carboxylic acids is 2. The number of nitrogens with one attached hydrogen (secondary N) is 1. The molecule has 0 aliphatic carbocycles. The first kappa shape index (κ1) is 14.3. The maximum absolute atomic E-state index is 12.4. The molecule has 2 amide bonds. The monoisotopic (exact) mass is 344 g/mol. The lowest BCUT2D eigenvalue weighted by atomic mass is 10.0. The Morgan fingerprint density at radius 3 is 2.74 bits per heavy atom. The molecule has 1 aromatic carbocycles. The van der Waals surface area contributed by atoms with Crippen molar-refractivity contribution in [3.63, 3.8) is 0 Å². The fraction of sp³-hybridized carbons (Fsp3) is 0.385. The second kappa shape index (κ2) is 5.51. The number of rotatable bonds is 2. The van der Waals surface area contributed by atoms with E-state index < -0.39 is 6.04 Å². The van der Waals surface area contributed by atoms with Crippen molar-refractivity contribution < 1.29 is 9.59 Å². The summed E-state index contributed by atoms with van der Waals surface area (Å²) in [6, 6.07) is 4.68. The van der Waals surface area contributed by atoms with Crippen LogP contribution in [-0.2, 0) is 9.59 Å². The van der Waals surface area contributed by atoms with Gasteiger partial charge in [0, 0.05) is 9.50 Å². The van der Waals surface area contributed by atoms with Gasteiger partial charge in [-0.2, -0.15) is 0 Å². The minimum Gasteiger partial charge on any atom is -0.342 e. The zero-order valence-corrected chi connectivity index (χ0v) is 13.0. The minimum absolute atomic E-state index is 0.0149. The number of anilines is 1. The molecule has 4 nitrogen and oxygen atoms in total. The molecular formula is C13H14BrClN2O2. The van der Waals surface area contributed by atoms with Gasteiger partial charge in [0.1, 0.15) is 12.6 Å². The van der Waals surface area contributed by atoms with E-state index in [1.165, 1.54) is 4.90 Å². The van der Waals surface area contributed by atoms with Crippen LogP contribution in [0.4, 0.5) is 5.69 Å². The third-order valence-electron chi connectivity index (χ3n) is 3.02. The van der Waals surface area contributed by atoms with Crippen LogP contribution < -0.4 is 10.2 Å². The number of hydrogen-bond donors (Lipinski definition) is 1. The summed E-state index contributed by atoms with van der Waals surface area (Å²) in [5.74, 6) is -0.236. The number of nitrogens with zero attached hydrogens (tertiary/aromatic N) is 1. The van der Waals surface area contributed by atoms with Crippen molar-refractivity contribution in [3.8, 4) is 0 Å². The maximum atomic E-state index is 12.4. The Labute approximate surface area is 125 Å². The second-order valence-electron chi connectivity index (χ2n) is 4.81. The average molecular weight is 346 g/mol. The molecule has 6 heteroatoms. The van der Waals surface area contributed by atoms with Gasteiger partial charge in [-0.3, -0.25) is 9.59 Å². The molecule has 0 saturated carbocycles. The lowest BCUT2D eigenvalue weighted by molar-refractivity contribution is -0.132. The Kier molecular flexibility index (Phi) is 4.16. The molecule has 2 rings (SSSR count). The van der Waals surface area contributed by atoms with Crippen LogP contribution in [0.25, 0.3) is 0 Å². The molecule has 1 aliphatic rings. The Hall–Kier alpha value is -1.07. The molecule has 1 aromatic rings. The first-order valence-corrected chi connectivity index (χ1v) is 7.13. The third kappa shape index (κ3) is 2.92. The van der Waals surface area contributed by atoms with E-state index in [1.54, 1.807) is 18.2 Å². The van der Waals surface area contributed by atoms with Gasteiger partial charge in [-0.05, 0) is 40.0 Å². The fourth-order valence-electron chi connectivity index (χ4n) is 2.02. The van der Waals surface area contributed by atoms with E-state index >= 15 is 0 Å². The molecule has 0 radical (unpaired) electrons. The standard InChI is InChI=1S/C13H14BrClN2O2/c1-7(2)12-13(19)17(6-11(18)16-12)10-5-8(15)3-4-9(10)14/h3-5,7,12H,6H2,1-2H3,(H,16,18). The highest BCUT2D eigenvalue weighted by atomic mass is 79.9. The molecule has 1 unspecified atom stereocenters. The molecule has 1 saturated heterocycles. The second-order valence-corrected chi connectivity index (χ2v) is 6.10. The Morgan fingerprint density at radius 1 is 1.42 bits per heavy atom. The molecule has 19 heavy (non-hydrogen) atoms. The summed E-state index contributed by atoms with van der Waals surface area (Å²) in [6.45, 7) is 3.82.